The lowest BCUT2D eigenvalue weighted by molar-refractivity contribution is -0.384. The minimum absolute atomic E-state index is 0.00559. The van der Waals surface area contributed by atoms with E-state index in [1.807, 2.05) is 19.1 Å². The fourth-order valence-electron chi connectivity index (χ4n) is 4.34. The van der Waals surface area contributed by atoms with Crippen LogP contribution in [0.1, 0.15) is 47.4 Å². The van der Waals surface area contributed by atoms with E-state index in [1.54, 1.807) is 22.3 Å². The van der Waals surface area contributed by atoms with Gasteiger partial charge in [0.05, 0.1) is 28.2 Å². The molecule has 1 atom stereocenters. The zero-order valence-corrected chi connectivity index (χ0v) is 18.2. The van der Waals surface area contributed by atoms with E-state index in [2.05, 4.69) is 13.0 Å². The number of ketones is 1. The van der Waals surface area contributed by atoms with Gasteiger partial charge >= 0.3 is 0 Å². The molecule has 0 bridgehead atoms. The van der Waals surface area contributed by atoms with Gasteiger partial charge in [-0.2, -0.15) is 5.26 Å². The van der Waals surface area contributed by atoms with E-state index >= 15 is 0 Å². The molecule has 0 saturated heterocycles. The molecule has 0 saturated carbocycles. The first kappa shape index (κ1) is 20.8. The lowest BCUT2D eigenvalue weighted by Gasteiger charge is -2.39. The molecule has 2 N–H and O–H groups in total. The van der Waals surface area contributed by atoms with Crippen LogP contribution in [0.2, 0.25) is 0 Å². The molecular weight excluding hydrogens is 412 g/mol. The van der Waals surface area contributed by atoms with Gasteiger partial charge in [-0.05, 0) is 43.9 Å². The molecule has 0 spiro atoms. The molecular formula is C23H22N4O3S. The number of benzene rings is 1. The number of anilines is 1. The Kier molecular flexibility index (Phi) is 5.38. The largest absolute Gasteiger partial charge is 0.384 e. The zero-order valence-electron chi connectivity index (χ0n) is 17.3. The Morgan fingerprint density at radius 3 is 2.74 bits per heavy atom. The number of carbonyl (C=O) groups excluding carboxylic acids is 1. The van der Waals surface area contributed by atoms with Crippen molar-refractivity contribution in [2.75, 3.05) is 4.90 Å². The summed E-state index contributed by atoms with van der Waals surface area (Å²) in [5, 5.41) is 21.4. The Labute approximate surface area is 184 Å². The van der Waals surface area contributed by atoms with Gasteiger partial charge in [-0.25, -0.2) is 0 Å². The smallest absolute Gasteiger partial charge is 0.271 e. The predicted molar refractivity (Wildman–Crippen MR) is 119 cm³/mol. The molecule has 2 aliphatic rings. The number of hydrogen-bond donors (Lipinski definition) is 1. The normalized spacial score (nSPS) is 18.8. The zero-order chi connectivity index (χ0) is 22.3. The summed E-state index contributed by atoms with van der Waals surface area (Å²) >= 11 is 1.59. The predicted octanol–water partition coefficient (Wildman–Crippen LogP) is 4.83. The van der Waals surface area contributed by atoms with Crippen LogP contribution in [0.25, 0.3) is 0 Å². The molecule has 4 rings (SSSR count). The van der Waals surface area contributed by atoms with Crippen molar-refractivity contribution in [3.05, 3.63) is 78.4 Å². The topological polar surface area (TPSA) is 113 Å². The Morgan fingerprint density at radius 2 is 2.10 bits per heavy atom. The maximum Gasteiger partial charge on any atom is 0.271 e. The summed E-state index contributed by atoms with van der Waals surface area (Å²) in [7, 11) is 0. The number of allylic oxidation sites excluding steroid dienone is 3. The van der Waals surface area contributed by atoms with Gasteiger partial charge in [0.1, 0.15) is 5.82 Å². The van der Waals surface area contributed by atoms with Crippen molar-refractivity contribution in [1.29, 1.82) is 5.26 Å². The van der Waals surface area contributed by atoms with Crippen LogP contribution >= 0.6 is 11.3 Å². The number of nitro groups is 1. The molecule has 0 radical (unpaired) electrons. The molecule has 0 fully saturated rings. The van der Waals surface area contributed by atoms with Gasteiger partial charge in [-0.1, -0.05) is 13.0 Å². The quantitative estimate of drug-likeness (QED) is 0.544. The van der Waals surface area contributed by atoms with Crippen molar-refractivity contribution in [1.82, 2.24) is 0 Å². The van der Waals surface area contributed by atoms with Crippen LogP contribution in [0.4, 0.5) is 11.4 Å². The van der Waals surface area contributed by atoms with Crippen molar-refractivity contribution in [3.8, 4) is 6.07 Å². The van der Waals surface area contributed by atoms with Gasteiger partial charge in [-0.15, -0.1) is 11.3 Å². The van der Waals surface area contributed by atoms with Gasteiger partial charge in [-0.3, -0.25) is 19.8 Å². The second-order valence-electron chi connectivity index (χ2n) is 7.70. The van der Waals surface area contributed by atoms with Crippen LogP contribution in [-0.4, -0.2) is 10.7 Å². The molecule has 1 aromatic carbocycles. The first-order valence-corrected chi connectivity index (χ1v) is 11.0. The van der Waals surface area contributed by atoms with Crippen molar-refractivity contribution in [3.63, 3.8) is 0 Å². The highest BCUT2D eigenvalue weighted by atomic mass is 32.1. The van der Waals surface area contributed by atoms with Gasteiger partial charge < -0.3 is 5.73 Å². The molecule has 2 heterocycles. The van der Waals surface area contributed by atoms with Crippen molar-refractivity contribution < 1.29 is 9.72 Å². The van der Waals surface area contributed by atoms with E-state index < -0.39 is 10.8 Å². The number of nitro benzene ring substituents is 1. The fraction of sp³-hybridized carbons (Fsp3) is 0.304. The van der Waals surface area contributed by atoms with Crippen LogP contribution in [0, 0.1) is 28.4 Å². The standard InChI is InChI=1S/C23H22N4O3S/c1-3-15-9-10-20(31-15)21-16(12-24)23(25)26(17-5-4-6-19(28)22(17)21)18-11-14(27(29)30)8-7-13(18)2/h7-11,21H,3-6,25H2,1-2H3/t21-/m1/s1. The lowest BCUT2D eigenvalue weighted by Crippen LogP contribution is -2.38. The molecule has 8 heteroatoms. The second-order valence-corrected chi connectivity index (χ2v) is 8.90. The average molecular weight is 435 g/mol. The van der Waals surface area contributed by atoms with E-state index in [-0.39, 0.29) is 17.3 Å². The number of aryl methyl sites for hydroxylation is 2. The first-order chi connectivity index (χ1) is 14.9. The van der Waals surface area contributed by atoms with E-state index in [0.717, 1.165) is 22.6 Å². The molecule has 7 nitrogen and oxygen atoms in total. The average Bonchev–Trinajstić information content (AvgIpc) is 3.22. The SMILES string of the molecule is CCc1ccc([C@H]2C(C#N)=C(N)N(c3cc([N+](=O)[O-])ccc3C)C3=C2C(=O)CCC3)s1. The Hall–Kier alpha value is -3.44. The summed E-state index contributed by atoms with van der Waals surface area (Å²) < 4.78 is 0. The number of carbonyl (C=O) groups is 1. The monoisotopic (exact) mass is 434 g/mol. The van der Waals surface area contributed by atoms with Crippen LogP contribution < -0.4 is 10.6 Å². The summed E-state index contributed by atoms with van der Waals surface area (Å²) in [4.78, 5) is 27.8. The minimum atomic E-state index is -0.492. The molecule has 0 amide bonds. The molecule has 1 aromatic heterocycles. The number of nitriles is 1. The number of nitrogens with zero attached hydrogens (tertiary/aromatic N) is 3. The van der Waals surface area contributed by atoms with E-state index in [1.165, 1.54) is 17.0 Å². The Bertz CT molecular complexity index is 1200. The highest BCUT2D eigenvalue weighted by Gasteiger charge is 2.41. The number of non-ortho nitro benzene ring substituents is 1. The Balaban J connectivity index is 1.98. The van der Waals surface area contributed by atoms with Gasteiger partial charge in [0, 0.05) is 39.6 Å². The summed E-state index contributed by atoms with van der Waals surface area (Å²) in [5.74, 6) is -0.254. The summed E-state index contributed by atoms with van der Waals surface area (Å²) in [6.07, 6.45) is 2.58. The van der Waals surface area contributed by atoms with Gasteiger partial charge in [0.2, 0.25) is 0 Å². The fourth-order valence-corrected chi connectivity index (χ4v) is 5.41. The van der Waals surface area contributed by atoms with Gasteiger partial charge in [0.25, 0.3) is 5.69 Å². The van der Waals surface area contributed by atoms with Crippen molar-refractivity contribution in [2.45, 2.75) is 45.4 Å². The Morgan fingerprint density at radius 1 is 1.32 bits per heavy atom. The minimum Gasteiger partial charge on any atom is -0.384 e. The first-order valence-electron chi connectivity index (χ1n) is 10.2. The van der Waals surface area contributed by atoms with E-state index in [4.69, 9.17) is 5.73 Å². The van der Waals surface area contributed by atoms with Gasteiger partial charge in [0.15, 0.2) is 5.78 Å². The molecule has 1 aliphatic carbocycles. The van der Waals surface area contributed by atoms with Crippen LogP contribution in [0.15, 0.2) is 53.0 Å². The van der Waals surface area contributed by atoms with Crippen LogP contribution in [0.5, 0.6) is 0 Å². The summed E-state index contributed by atoms with van der Waals surface area (Å²) in [6.45, 7) is 3.90. The molecule has 1 aliphatic heterocycles. The van der Waals surface area contributed by atoms with Crippen molar-refractivity contribution >= 4 is 28.5 Å². The highest BCUT2D eigenvalue weighted by molar-refractivity contribution is 7.12. The summed E-state index contributed by atoms with van der Waals surface area (Å²) in [5.41, 5.74) is 9.43. The number of nitrogens with two attached hydrogens (primary N) is 1. The maximum absolute atomic E-state index is 13.1. The van der Waals surface area contributed by atoms with E-state index in [0.29, 0.717) is 36.1 Å². The lowest BCUT2D eigenvalue weighted by atomic mass is 9.78. The van der Waals surface area contributed by atoms with Crippen molar-refractivity contribution in [2.24, 2.45) is 5.73 Å². The number of hydrogen-bond acceptors (Lipinski definition) is 7. The second kappa shape index (κ2) is 8.00. The third-order valence-corrected chi connectivity index (χ3v) is 7.17. The maximum atomic E-state index is 13.1. The number of rotatable bonds is 4. The van der Waals surface area contributed by atoms with E-state index in [9.17, 15) is 20.2 Å². The third-order valence-electron chi connectivity index (χ3n) is 5.87. The summed E-state index contributed by atoms with van der Waals surface area (Å²) in [6, 6.07) is 10.8. The van der Waals surface area contributed by atoms with Crippen LogP contribution in [-0.2, 0) is 11.2 Å². The van der Waals surface area contributed by atoms with Crippen LogP contribution in [0.3, 0.4) is 0 Å². The highest BCUT2D eigenvalue weighted by Crippen LogP contribution is 2.48. The molecule has 31 heavy (non-hydrogen) atoms. The third kappa shape index (κ3) is 3.41. The molecule has 2 aromatic rings. The number of thiophene rings is 1. The molecule has 158 valence electrons. The molecule has 0 unspecified atom stereocenters. The number of Topliss-reactive ketones (excluding diaryl/α,β-unsaturated/α-hetero) is 1.